The molecular formula is C15H14N2O2. The quantitative estimate of drug-likeness (QED) is 0.291. The van der Waals surface area contributed by atoms with Crippen LogP contribution >= 0.6 is 0 Å². The van der Waals surface area contributed by atoms with E-state index in [1.165, 1.54) is 0 Å². The molecule has 0 heterocycles. The lowest BCUT2D eigenvalue weighted by Crippen LogP contribution is -2.36. The average molecular weight is 254 g/mol. The van der Waals surface area contributed by atoms with Crippen molar-refractivity contribution in [3.05, 3.63) is 72.3 Å². The minimum atomic E-state index is -0.493. The molecule has 0 aromatic heterocycles. The fourth-order valence-corrected chi connectivity index (χ4v) is 1.59. The Bertz CT molecular complexity index is 580. The number of aliphatic hydroxyl groups is 1. The normalized spacial score (nSPS) is 11.1. The molecule has 0 saturated heterocycles. The van der Waals surface area contributed by atoms with E-state index >= 15 is 0 Å². The van der Waals surface area contributed by atoms with Crippen LogP contribution in [0.3, 0.4) is 0 Å². The van der Waals surface area contributed by atoms with Crippen LogP contribution in [0, 0.1) is 0 Å². The number of nitrogens with two attached hydrogens (primary N) is 1. The smallest absolute Gasteiger partial charge is 0.268 e. The predicted octanol–water partition coefficient (Wildman–Crippen LogP) is 2.49. The summed E-state index contributed by atoms with van der Waals surface area (Å²) in [4.78, 5) is 11.9. The van der Waals surface area contributed by atoms with Gasteiger partial charge in [-0.25, -0.2) is 10.9 Å². The number of benzene rings is 2. The molecular weight excluding hydrogens is 240 g/mol. The van der Waals surface area contributed by atoms with Gasteiger partial charge in [-0.15, -0.1) is 0 Å². The van der Waals surface area contributed by atoms with E-state index in [-0.39, 0.29) is 5.76 Å². The standard InChI is InChI=1S/C15H14N2O2/c16-17(13-9-5-2-6-10-13)15(19)11-14(18)12-7-3-1-4-8-12/h1-11,18H,16H2. The van der Waals surface area contributed by atoms with E-state index in [4.69, 9.17) is 5.84 Å². The summed E-state index contributed by atoms with van der Waals surface area (Å²) in [6.45, 7) is 0. The van der Waals surface area contributed by atoms with Gasteiger partial charge in [0.2, 0.25) is 0 Å². The first kappa shape index (κ1) is 12.9. The molecule has 19 heavy (non-hydrogen) atoms. The molecule has 0 unspecified atom stereocenters. The Morgan fingerprint density at radius 3 is 2.11 bits per heavy atom. The third-order valence-corrected chi connectivity index (χ3v) is 2.60. The first-order chi connectivity index (χ1) is 9.18. The summed E-state index contributed by atoms with van der Waals surface area (Å²) in [6.07, 6.45) is 1.10. The summed E-state index contributed by atoms with van der Waals surface area (Å²) in [5, 5.41) is 10.8. The summed E-state index contributed by atoms with van der Waals surface area (Å²) in [5.41, 5.74) is 1.13. The van der Waals surface area contributed by atoms with Crippen molar-refractivity contribution >= 4 is 17.4 Å². The van der Waals surface area contributed by atoms with Gasteiger partial charge < -0.3 is 5.11 Å². The molecule has 2 rings (SSSR count). The Kier molecular flexibility index (Phi) is 3.95. The highest BCUT2D eigenvalue weighted by atomic mass is 16.3. The molecule has 2 aromatic rings. The van der Waals surface area contributed by atoms with Gasteiger partial charge in [0, 0.05) is 11.6 Å². The maximum atomic E-state index is 11.9. The number of amides is 1. The molecule has 4 heteroatoms. The van der Waals surface area contributed by atoms with Crippen molar-refractivity contribution in [1.82, 2.24) is 0 Å². The monoisotopic (exact) mass is 254 g/mol. The molecule has 0 atom stereocenters. The Labute approximate surface area is 111 Å². The van der Waals surface area contributed by atoms with E-state index in [0.717, 1.165) is 11.1 Å². The third-order valence-electron chi connectivity index (χ3n) is 2.60. The number of carbonyl (C=O) groups is 1. The topological polar surface area (TPSA) is 66.6 Å². The number of para-hydroxylation sites is 1. The van der Waals surface area contributed by atoms with E-state index in [9.17, 15) is 9.90 Å². The molecule has 96 valence electrons. The summed E-state index contributed by atoms with van der Waals surface area (Å²) >= 11 is 0. The molecule has 0 aliphatic carbocycles. The second kappa shape index (κ2) is 5.84. The number of anilines is 1. The van der Waals surface area contributed by atoms with Gasteiger partial charge in [0.05, 0.1) is 5.69 Å². The lowest BCUT2D eigenvalue weighted by Gasteiger charge is -2.14. The zero-order valence-corrected chi connectivity index (χ0v) is 10.2. The van der Waals surface area contributed by atoms with E-state index in [1.54, 1.807) is 48.5 Å². The largest absolute Gasteiger partial charge is 0.507 e. The Morgan fingerprint density at radius 2 is 1.53 bits per heavy atom. The van der Waals surface area contributed by atoms with Gasteiger partial charge in [-0.05, 0) is 12.1 Å². The van der Waals surface area contributed by atoms with E-state index < -0.39 is 5.91 Å². The SMILES string of the molecule is NN(C(=O)C=C(O)c1ccccc1)c1ccccc1. The van der Waals surface area contributed by atoms with Gasteiger partial charge in [0.1, 0.15) is 5.76 Å². The van der Waals surface area contributed by atoms with Gasteiger partial charge in [-0.3, -0.25) is 4.79 Å². The fraction of sp³-hybridized carbons (Fsp3) is 0. The van der Waals surface area contributed by atoms with Crippen LogP contribution < -0.4 is 10.9 Å². The summed E-state index contributed by atoms with van der Waals surface area (Å²) in [6, 6.07) is 17.6. The van der Waals surface area contributed by atoms with E-state index in [1.807, 2.05) is 12.1 Å². The molecule has 0 spiro atoms. The van der Waals surface area contributed by atoms with Crippen molar-refractivity contribution < 1.29 is 9.90 Å². The number of carbonyl (C=O) groups excluding carboxylic acids is 1. The van der Waals surface area contributed by atoms with Gasteiger partial charge in [0.15, 0.2) is 0 Å². The fourth-order valence-electron chi connectivity index (χ4n) is 1.59. The maximum absolute atomic E-state index is 11.9. The van der Waals surface area contributed by atoms with Gasteiger partial charge >= 0.3 is 0 Å². The minimum Gasteiger partial charge on any atom is -0.507 e. The molecule has 0 fully saturated rings. The summed E-state index contributed by atoms with van der Waals surface area (Å²) in [7, 11) is 0. The van der Waals surface area contributed by atoms with Gasteiger partial charge in [-0.2, -0.15) is 0 Å². The Morgan fingerprint density at radius 1 is 1.00 bits per heavy atom. The molecule has 0 radical (unpaired) electrons. The molecule has 2 aromatic carbocycles. The van der Waals surface area contributed by atoms with Crippen molar-refractivity contribution in [3.8, 4) is 0 Å². The third kappa shape index (κ3) is 3.20. The number of hydrogen-bond donors (Lipinski definition) is 2. The van der Waals surface area contributed by atoms with Gasteiger partial charge in [0.25, 0.3) is 5.91 Å². The molecule has 0 aliphatic rings. The number of rotatable bonds is 3. The number of hydrogen-bond acceptors (Lipinski definition) is 3. The summed E-state index contributed by atoms with van der Waals surface area (Å²) in [5.74, 6) is 5.09. The highest BCUT2D eigenvalue weighted by Gasteiger charge is 2.10. The number of hydrazine groups is 1. The van der Waals surface area contributed by atoms with Crippen LogP contribution in [0.15, 0.2) is 66.7 Å². The molecule has 0 bridgehead atoms. The second-order valence-corrected chi connectivity index (χ2v) is 3.94. The zero-order chi connectivity index (χ0) is 13.7. The van der Waals surface area contributed by atoms with Crippen LogP contribution in [0.25, 0.3) is 5.76 Å². The maximum Gasteiger partial charge on any atom is 0.268 e. The van der Waals surface area contributed by atoms with Crippen LogP contribution in [0.4, 0.5) is 5.69 Å². The first-order valence-electron chi connectivity index (χ1n) is 5.78. The van der Waals surface area contributed by atoms with Crippen molar-refractivity contribution in [1.29, 1.82) is 0 Å². The lowest BCUT2D eigenvalue weighted by molar-refractivity contribution is -0.114. The highest BCUT2D eigenvalue weighted by molar-refractivity contribution is 6.04. The molecule has 3 N–H and O–H groups in total. The lowest BCUT2D eigenvalue weighted by atomic mass is 10.2. The molecule has 0 saturated carbocycles. The first-order valence-corrected chi connectivity index (χ1v) is 5.78. The highest BCUT2D eigenvalue weighted by Crippen LogP contribution is 2.13. The van der Waals surface area contributed by atoms with Crippen LogP contribution in [0.1, 0.15) is 5.56 Å². The second-order valence-electron chi connectivity index (χ2n) is 3.94. The minimum absolute atomic E-state index is 0.114. The van der Waals surface area contributed by atoms with Crippen LogP contribution in [0.5, 0.6) is 0 Å². The van der Waals surface area contributed by atoms with Crippen molar-refractivity contribution in [2.45, 2.75) is 0 Å². The van der Waals surface area contributed by atoms with Crippen LogP contribution in [-0.2, 0) is 4.79 Å². The molecule has 4 nitrogen and oxygen atoms in total. The average Bonchev–Trinajstić information content (AvgIpc) is 2.48. The number of aliphatic hydroxyl groups excluding tert-OH is 1. The van der Waals surface area contributed by atoms with Crippen LogP contribution in [-0.4, -0.2) is 11.0 Å². The van der Waals surface area contributed by atoms with Crippen molar-refractivity contribution in [2.75, 3.05) is 5.01 Å². The van der Waals surface area contributed by atoms with Crippen molar-refractivity contribution in [2.24, 2.45) is 5.84 Å². The Balaban J connectivity index is 2.17. The van der Waals surface area contributed by atoms with E-state index in [2.05, 4.69) is 0 Å². The Hall–Kier alpha value is -2.59. The number of nitrogens with zero attached hydrogens (tertiary/aromatic N) is 1. The van der Waals surface area contributed by atoms with E-state index in [0.29, 0.717) is 11.3 Å². The predicted molar refractivity (Wildman–Crippen MR) is 75.2 cm³/mol. The zero-order valence-electron chi connectivity index (χ0n) is 10.2. The van der Waals surface area contributed by atoms with Gasteiger partial charge in [-0.1, -0.05) is 48.5 Å². The van der Waals surface area contributed by atoms with Crippen molar-refractivity contribution in [3.63, 3.8) is 0 Å². The molecule has 1 amide bonds. The van der Waals surface area contributed by atoms with Crippen LogP contribution in [0.2, 0.25) is 0 Å². The molecule has 0 aliphatic heterocycles. The summed E-state index contributed by atoms with van der Waals surface area (Å²) < 4.78 is 0.